The lowest BCUT2D eigenvalue weighted by molar-refractivity contribution is 0.248. The summed E-state index contributed by atoms with van der Waals surface area (Å²) in [7, 11) is 0. The second-order valence-electron chi connectivity index (χ2n) is 4.77. The number of hydrogen-bond acceptors (Lipinski definition) is 0. The van der Waals surface area contributed by atoms with Gasteiger partial charge in [0.2, 0.25) is 0 Å². The van der Waals surface area contributed by atoms with E-state index in [-0.39, 0.29) is 0 Å². The molecule has 0 unspecified atom stereocenters. The maximum absolute atomic E-state index is 2.41. The molecule has 1 saturated carbocycles. The highest BCUT2D eigenvalue weighted by Gasteiger charge is 2.19. The molecule has 66 valence electrons. The largest absolute Gasteiger partial charge is 0.0628 e. The van der Waals surface area contributed by atoms with Gasteiger partial charge in [0.05, 0.1) is 0 Å². The van der Waals surface area contributed by atoms with E-state index in [9.17, 15) is 0 Å². The maximum atomic E-state index is 2.41. The van der Waals surface area contributed by atoms with Gasteiger partial charge < -0.3 is 0 Å². The van der Waals surface area contributed by atoms with Gasteiger partial charge in [-0.25, -0.2) is 0 Å². The Morgan fingerprint density at radius 2 is 2.00 bits per heavy atom. The van der Waals surface area contributed by atoms with E-state index < -0.39 is 0 Å². The second kappa shape index (κ2) is 4.13. The first kappa shape index (κ1) is 9.09. The quantitative estimate of drug-likeness (QED) is 0.566. The lowest BCUT2D eigenvalue weighted by atomic mass is 9.79. The van der Waals surface area contributed by atoms with Gasteiger partial charge in [0, 0.05) is 0 Å². The van der Waals surface area contributed by atoms with E-state index in [0.717, 1.165) is 17.8 Å². The van der Waals surface area contributed by atoms with Crippen molar-refractivity contribution in [2.75, 3.05) is 0 Å². The third-order valence-electron chi connectivity index (χ3n) is 2.85. The molecule has 1 fully saturated rings. The molecule has 0 radical (unpaired) electrons. The zero-order valence-electron chi connectivity index (χ0n) is 8.27. The van der Waals surface area contributed by atoms with Gasteiger partial charge in [-0.3, -0.25) is 0 Å². The monoisotopic (exact) mass is 154 g/mol. The van der Waals surface area contributed by atoms with Crippen LogP contribution in [0.1, 0.15) is 52.9 Å². The summed E-state index contributed by atoms with van der Waals surface area (Å²) in [5, 5.41) is 0. The summed E-state index contributed by atoms with van der Waals surface area (Å²) in [4.78, 5) is 0. The molecule has 1 rings (SSSR count). The third-order valence-corrected chi connectivity index (χ3v) is 2.85. The fourth-order valence-electron chi connectivity index (χ4n) is 2.44. The Morgan fingerprint density at radius 3 is 2.55 bits per heavy atom. The first-order valence-electron chi connectivity index (χ1n) is 5.18. The van der Waals surface area contributed by atoms with Crippen LogP contribution in [0.4, 0.5) is 0 Å². The van der Waals surface area contributed by atoms with Crippen molar-refractivity contribution in [1.29, 1.82) is 0 Å². The van der Waals surface area contributed by atoms with Gasteiger partial charge in [-0.15, -0.1) is 0 Å². The third kappa shape index (κ3) is 3.27. The molecule has 0 heterocycles. The van der Waals surface area contributed by atoms with Gasteiger partial charge in [-0.05, 0) is 30.6 Å². The van der Waals surface area contributed by atoms with Crippen LogP contribution in [0, 0.1) is 17.8 Å². The Labute approximate surface area is 71.4 Å². The molecule has 0 heteroatoms. The SMILES string of the molecule is CC(C)C[C@H]1CCC[C@@H](C)C1. The van der Waals surface area contributed by atoms with E-state index in [1.807, 2.05) is 0 Å². The fourth-order valence-corrected chi connectivity index (χ4v) is 2.44. The maximum Gasteiger partial charge on any atom is -0.0409 e. The molecule has 0 aromatic rings. The van der Waals surface area contributed by atoms with Crippen molar-refractivity contribution in [2.45, 2.75) is 52.9 Å². The highest BCUT2D eigenvalue weighted by Crippen LogP contribution is 2.32. The lowest BCUT2D eigenvalue weighted by Gasteiger charge is -2.27. The zero-order chi connectivity index (χ0) is 8.27. The second-order valence-corrected chi connectivity index (χ2v) is 4.77. The van der Waals surface area contributed by atoms with Gasteiger partial charge in [-0.2, -0.15) is 0 Å². The Morgan fingerprint density at radius 1 is 1.27 bits per heavy atom. The molecule has 0 amide bonds. The summed E-state index contributed by atoms with van der Waals surface area (Å²) in [6.07, 6.45) is 7.43. The molecule has 0 nitrogen and oxygen atoms in total. The highest BCUT2D eigenvalue weighted by molar-refractivity contribution is 4.71. The van der Waals surface area contributed by atoms with Crippen molar-refractivity contribution in [2.24, 2.45) is 17.8 Å². The van der Waals surface area contributed by atoms with Gasteiger partial charge in [-0.1, -0.05) is 40.0 Å². The van der Waals surface area contributed by atoms with Gasteiger partial charge in [0.25, 0.3) is 0 Å². The summed E-state index contributed by atoms with van der Waals surface area (Å²) >= 11 is 0. The predicted octanol–water partition coefficient (Wildman–Crippen LogP) is 3.86. The highest BCUT2D eigenvalue weighted by atomic mass is 14.2. The molecule has 1 aliphatic carbocycles. The minimum absolute atomic E-state index is 0.908. The molecular weight excluding hydrogens is 132 g/mol. The van der Waals surface area contributed by atoms with Crippen LogP contribution in [-0.2, 0) is 0 Å². The molecule has 11 heavy (non-hydrogen) atoms. The molecule has 0 aliphatic heterocycles. The Kier molecular flexibility index (Phi) is 3.42. The molecule has 1 aliphatic rings. The molecule has 0 aromatic carbocycles. The first-order chi connectivity index (χ1) is 5.18. The molecule has 0 saturated heterocycles. The van der Waals surface area contributed by atoms with Crippen LogP contribution in [-0.4, -0.2) is 0 Å². The first-order valence-corrected chi connectivity index (χ1v) is 5.18. The van der Waals surface area contributed by atoms with Crippen LogP contribution in [0.25, 0.3) is 0 Å². The van der Waals surface area contributed by atoms with Crippen molar-refractivity contribution in [3.63, 3.8) is 0 Å². The summed E-state index contributed by atoms with van der Waals surface area (Å²) in [6.45, 7) is 7.10. The number of rotatable bonds is 2. The molecular formula is C11H22. The molecule has 0 spiro atoms. The fraction of sp³-hybridized carbons (Fsp3) is 1.00. The van der Waals surface area contributed by atoms with Crippen LogP contribution >= 0.6 is 0 Å². The molecule has 0 aromatic heterocycles. The average Bonchev–Trinajstić information content (AvgIpc) is 1.85. The van der Waals surface area contributed by atoms with Crippen LogP contribution in [0.5, 0.6) is 0 Å². The molecule has 0 N–H and O–H groups in total. The van der Waals surface area contributed by atoms with Gasteiger partial charge in [0.15, 0.2) is 0 Å². The summed E-state index contributed by atoms with van der Waals surface area (Å²) < 4.78 is 0. The smallest absolute Gasteiger partial charge is 0.0409 e. The van der Waals surface area contributed by atoms with E-state index in [1.165, 1.54) is 32.1 Å². The van der Waals surface area contributed by atoms with E-state index >= 15 is 0 Å². The predicted molar refractivity (Wildman–Crippen MR) is 50.6 cm³/mol. The van der Waals surface area contributed by atoms with Gasteiger partial charge >= 0.3 is 0 Å². The standard InChI is InChI=1S/C11H22/c1-9(2)7-11-6-4-5-10(3)8-11/h9-11H,4-8H2,1-3H3/t10-,11-/m1/s1. The van der Waals surface area contributed by atoms with Crippen LogP contribution in [0.15, 0.2) is 0 Å². The Balaban J connectivity index is 2.23. The normalized spacial score (nSPS) is 32.7. The van der Waals surface area contributed by atoms with Crippen molar-refractivity contribution in [1.82, 2.24) is 0 Å². The van der Waals surface area contributed by atoms with E-state index in [4.69, 9.17) is 0 Å². The zero-order valence-corrected chi connectivity index (χ0v) is 8.27. The van der Waals surface area contributed by atoms with Crippen LogP contribution < -0.4 is 0 Å². The van der Waals surface area contributed by atoms with E-state index in [1.54, 1.807) is 0 Å². The minimum Gasteiger partial charge on any atom is -0.0628 e. The minimum atomic E-state index is 0.908. The Bertz CT molecular complexity index is 103. The van der Waals surface area contributed by atoms with E-state index in [0.29, 0.717) is 0 Å². The molecule has 0 bridgehead atoms. The molecule has 2 atom stereocenters. The summed E-state index contributed by atoms with van der Waals surface area (Å²) in [6, 6.07) is 0. The van der Waals surface area contributed by atoms with Gasteiger partial charge in [0.1, 0.15) is 0 Å². The van der Waals surface area contributed by atoms with E-state index in [2.05, 4.69) is 20.8 Å². The Hall–Kier alpha value is 0. The van der Waals surface area contributed by atoms with Crippen molar-refractivity contribution in [3.05, 3.63) is 0 Å². The van der Waals surface area contributed by atoms with Crippen LogP contribution in [0.3, 0.4) is 0 Å². The summed E-state index contributed by atoms with van der Waals surface area (Å²) in [5.41, 5.74) is 0. The van der Waals surface area contributed by atoms with Crippen molar-refractivity contribution in [3.8, 4) is 0 Å². The van der Waals surface area contributed by atoms with Crippen molar-refractivity contribution < 1.29 is 0 Å². The lowest BCUT2D eigenvalue weighted by Crippen LogP contribution is -2.14. The van der Waals surface area contributed by atoms with Crippen LogP contribution in [0.2, 0.25) is 0 Å². The average molecular weight is 154 g/mol. The van der Waals surface area contributed by atoms with Crippen molar-refractivity contribution >= 4 is 0 Å². The number of hydrogen-bond donors (Lipinski definition) is 0. The topological polar surface area (TPSA) is 0 Å². The summed E-state index contributed by atoms with van der Waals surface area (Å²) in [5.74, 6) is 2.97.